The van der Waals surface area contributed by atoms with Crippen LogP contribution in [0.15, 0.2) is 23.5 Å². The van der Waals surface area contributed by atoms with Crippen LogP contribution in [-0.2, 0) is 8.85 Å². The lowest BCUT2D eigenvalue weighted by Crippen LogP contribution is -2.48. The highest BCUT2D eigenvalue weighted by Gasteiger charge is 2.61. The van der Waals surface area contributed by atoms with Crippen LogP contribution in [0.1, 0.15) is 75.2 Å². The molecular formula is C26H48O2Si2. The first kappa shape index (κ1) is 24.3. The predicted molar refractivity (Wildman–Crippen MR) is 135 cm³/mol. The first-order valence-electron chi connectivity index (χ1n) is 12.3. The highest BCUT2D eigenvalue weighted by Crippen LogP contribution is 2.65. The molecular weight excluding hydrogens is 400 g/mol. The molecule has 4 atom stereocenters. The van der Waals surface area contributed by atoms with Crippen LogP contribution >= 0.6 is 0 Å². The summed E-state index contributed by atoms with van der Waals surface area (Å²) in [5.74, 6) is 2.50. The van der Waals surface area contributed by atoms with E-state index in [2.05, 4.69) is 94.1 Å². The maximum atomic E-state index is 7.15. The van der Waals surface area contributed by atoms with Gasteiger partial charge in [-0.05, 0) is 65.7 Å². The Morgan fingerprint density at radius 3 is 1.93 bits per heavy atom. The van der Waals surface area contributed by atoms with E-state index in [1.165, 1.54) is 17.8 Å². The Bertz CT molecular complexity index is 704. The minimum atomic E-state index is -1.91. The molecule has 2 nitrogen and oxygen atoms in total. The van der Waals surface area contributed by atoms with Crippen molar-refractivity contribution in [3.05, 3.63) is 23.5 Å². The lowest BCUT2D eigenvalue weighted by Gasteiger charge is -2.44. The summed E-state index contributed by atoms with van der Waals surface area (Å²) in [6, 6.07) is 0. The smallest absolute Gasteiger partial charge is 0.258 e. The van der Waals surface area contributed by atoms with E-state index in [1.54, 1.807) is 0 Å². The van der Waals surface area contributed by atoms with Crippen molar-refractivity contribution >= 4 is 16.6 Å². The molecule has 3 rings (SSSR count). The summed E-state index contributed by atoms with van der Waals surface area (Å²) in [6.45, 7) is 28.7. The summed E-state index contributed by atoms with van der Waals surface area (Å²) >= 11 is 0. The molecule has 3 aliphatic carbocycles. The lowest BCUT2D eigenvalue weighted by molar-refractivity contribution is 0.0224. The van der Waals surface area contributed by atoms with Gasteiger partial charge in [0.2, 0.25) is 0 Å². The van der Waals surface area contributed by atoms with E-state index in [1.807, 2.05) is 0 Å². The van der Waals surface area contributed by atoms with Crippen LogP contribution in [0.25, 0.3) is 0 Å². The fourth-order valence-electron chi connectivity index (χ4n) is 7.42. The van der Waals surface area contributed by atoms with Crippen molar-refractivity contribution < 1.29 is 8.85 Å². The molecule has 1 saturated carbocycles. The van der Waals surface area contributed by atoms with Crippen LogP contribution in [-0.4, -0.2) is 22.7 Å². The van der Waals surface area contributed by atoms with Gasteiger partial charge in [-0.2, -0.15) is 0 Å². The topological polar surface area (TPSA) is 18.5 Å². The number of hydrogen-bond acceptors (Lipinski definition) is 2. The zero-order valence-electron chi connectivity index (χ0n) is 21.8. The van der Waals surface area contributed by atoms with Crippen molar-refractivity contribution in [2.45, 2.75) is 118 Å². The summed E-state index contributed by atoms with van der Waals surface area (Å²) in [6.07, 6.45) is 7.69. The zero-order valence-corrected chi connectivity index (χ0v) is 23.8. The van der Waals surface area contributed by atoms with Crippen molar-refractivity contribution in [2.75, 3.05) is 0 Å². The molecule has 0 unspecified atom stereocenters. The standard InChI is InChI=1S/C26H48O2Si2/c1-17(2)30(18(3)4,19(5)6)27-22-14-21-13-20-15-25(7,8)24(28-29(10,11)12)23(20)26(21,9)16-22/h13-14,17-20,23-24H,15-16H2,1-12H3/t20-,23-,24+,26+/m0/s1. The second-order valence-corrected chi connectivity index (χ2v) is 23.1. The molecule has 0 aliphatic heterocycles. The van der Waals surface area contributed by atoms with Crippen molar-refractivity contribution in [1.29, 1.82) is 0 Å². The normalized spacial score (nSPS) is 33.2. The van der Waals surface area contributed by atoms with Crippen molar-refractivity contribution in [1.82, 2.24) is 0 Å². The Hall–Kier alpha value is -0.326. The highest BCUT2D eigenvalue weighted by molar-refractivity contribution is 6.77. The number of allylic oxidation sites excluding steroid dienone is 4. The van der Waals surface area contributed by atoms with Crippen LogP contribution in [0.2, 0.25) is 36.3 Å². The van der Waals surface area contributed by atoms with E-state index in [0.29, 0.717) is 34.6 Å². The number of fused-ring (bicyclic) bond motifs is 3. The van der Waals surface area contributed by atoms with Gasteiger partial charge in [0.15, 0.2) is 8.32 Å². The van der Waals surface area contributed by atoms with Crippen LogP contribution in [0.4, 0.5) is 0 Å². The monoisotopic (exact) mass is 448 g/mol. The van der Waals surface area contributed by atoms with Gasteiger partial charge >= 0.3 is 0 Å². The fraction of sp³-hybridized carbons (Fsp3) is 0.846. The predicted octanol–water partition coefficient (Wildman–Crippen LogP) is 8.29. The van der Waals surface area contributed by atoms with Crippen LogP contribution in [0.3, 0.4) is 0 Å². The van der Waals surface area contributed by atoms with Gasteiger partial charge in [0, 0.05) is 17.8 Å². The minimum Gasteiger partial charge on any atom is -0.546 e. The molecule has 1 fully saturated rings. The minimum absolute atomic E-state index is 0.170. The van der Waals surface area contributed by atoms with Gasteiger partial charge < -0.3 is 8.85 Å². The second kappa shape index (κ2) is 7.62. The Morgan fingerprint density at radius 1 is 0.933 bits per heavy atom. The van der Waals surface area contributed by atoms with Crippen molar-refractivity contribution in [3.8, 4) is 0 Å². The molecule has 0 aromatic carbocycles. The fourth-order valence-corrected chi connectivity index (χ4v) is 13.9. The largest absolute Gasteiger partial charge is 0.546 e. The zero-order chi connectivity index (χ0) is 22.9. The highest BCUT2D eigenvalue weighted by atomic mass is 28.4. The SMILES string of the molecule is CC(C)[Si](OC1=CC2=C[C@H]3CC(C)(C)[C@H](O[Si](C)(C)C)[C@H]3[C@]2(C)C1)(C(C)C)C(C)C. The molecule has 30 heavy (non-hydrogen) atoms. The molecule has 0 amide bonds. The van der Waals surface area contributed by atoms with Gasteiger partial charge in [0.1, 0.15) is 0 Å². The van der Waals surface area contributed by atoms with Crippen LogP contribution in [0.5, 0.6) is 0 Å². The van der Waals surface area contributed by atoms with Gasteiger partial charge in [-0.25, -0.2) is 0 Å². The molecule has 0 saturated heterocycles. The summed E-state index contributed by atoms with van der Waals surface area (Å²) in [4.78, 5) is 0. The number of rotatable bonds is 7. The Morgan fingerprint density at radius 2 is 1.47 bits per heavy atom. The molecule has 0 aromatic rings. The maximum absolute atomic E-state index is 7.15. The first-order chi connectivity index (χ1) is 13.5. The molecule has 4 heteroatoms. The third-order valence-corrected chi connectivity index (χ3v) is 15.5. The molecule has 172 valence electrons. The van der Waals surface area contributed by atoms with Gasteiger partial charge in [0.05, 0.1) is 11.9 Å². The van der Waals surface area contributed by atoms with Crippen LogP contribution in [0, 0.1) is 22.7 Å². The summed E-state index contributed by atoms with van der Waals surface area (Å²) in [5.41, 5.74) is 3.79. The Kier molecular flexibility index (Phi) is 6.18. The van der Waals surface area contributed by atoms with E-state index in [0.717, 1.165) is 6.42 Å². The summed E-state index contributed by atoms with van der Waals surface area (Å²) in [5, 5.41) is 0. The van der Waals surface area contributed by atoms with E-state index >= 15 is 0 Å². The Labute approximate surface area is 189 Å². The maximum Gasteiger partial charge on any atom is 0.258 e. The average Bonchev–Trinajstić information content (AvgIpc) is 3.06. The Balaban J connectivity index is 1.91. The van der Waals surface area contributed by atoms with E-state index in [9.17, 15) is 0 Å². The van der Waals surface area contributed by atoms with Crippen molar-refractivity contribution in [3.63, 3.8) is 0 Å². The lowest BCUT2D eigenvalue weighted by atomic mass is 9.71. The molecule has 0 heterocycles. The van der Waals surface area contributed by atoms with Crippen LogP contribution < -0.4 is 0 Å². The summed E-state index contributed by atoms with van der Waals surface area (Å²) < 4.78 is 14.1. The third kappa shape index (κ3) is 3.83. The summed E-state index contributed by atoms with van der Waals surface area (Å²) in [7, 11) is -3.52. The number of hydrogen-bond donors (Lipinski definition) is 0. The quantitative estimate of drug-likeness (QED) is 0.365. The average molecular weight is 449 g/mol. The molecule has 3 aliphatic rings. The van der Waals surface area contributed by atoms with Gasteiger partial charge in [-0.3, -0.25) is 0 Å². The van der Waals surface area contributed by atoms with E-state index < -0.39 is 16.6 Å². The molecule has 0 radical (unpaired) electrons. The van der Waals surface area contributed by atoms with Gasteiger partial charge in [-0.15, -0.1) is 0 Å². The molecule has 0 bridgehead atoms. The van der Waals surface area contributed by atoms with E-state index in [4.69, 9.17) is 8.85 Å². The van der Waals surface area contributed by atoms with E-state index in [-0.39, 0.29) is 10.8 Å². The molecule has 0 aromatic heterocycles. The second-order valence-electron chi connectivity index (χ2n) is 13.3. The molecule has 0 spiro atoms. The molecule has 0 N–H and O–H groups in total. The van der Waals surface area contributed by atoms with Gasteiger partial charge in [0.25, 0.3) is 8.32 Å². The third-order valence-electron chi connectivity index (χ3n) is 8.46. The first-order valence-corrected chi connectivity index (χ1v) is 17.9. The van der Waals surface area contributed by atoms with Gasteiger partial charge in [-0.1, -0.05) is 68.4 Å². The van der Waals surface area contributed by atoms with Crippen molar-refractivity contribution in [2.24, 2.45) is 22.7 Å².